The van der Waals surface area contributed by atoms with Crippen LogP contribution < -0.4 is 10.6 Å². The van der Waals surface area contributed by atoms with Crippen LogP contribution in [0.3, 0.4) is 0 Å². The van der Waals surface area contributed by atoms with E-state index >= 15 is 0 Å². The maximum absolute atomic E-state index is 12.8. The molecule has 0 saturated heterocycles. The fourth-order valence-corrected chi connectivity index (χ4v) is 4.39. The number of anilines is 1. The number of nitrogens with one attached hydrogen (secondary N) is 2. The molecule has 2 amide bonds. The molecule has 7 heteroatoms. The molecular formula is C20H18N2O4S. The third-order valence-corrected chi connectivity index (χ3v) is 5.54. The molecule has 2 N–H and O–H groups in total. The molecule has 27 heavy (non-hydrogen) atoms. The summed E-state index contributed by atoms with van der Waals surface area (Å²) in [6, 6.07) is 7.10. The number of aryl methyl sites for hydroxylation is 1. The van der Waals surface area contributed by atoms with Crippen LogP contribution in [0.5, 0.6) is 0 Å². The highest BCUT2D eigenvalue weighted by atomic mass is 32.1. The Hall–Kier alpha value is -3.06. The van der Waals surface area contributed by atoms with Gasteiger partial charge in [-0.2, -0.15) is 0 Å². The van der Waals surface area contributed by atoms with Gasteiger partial charge in [-0.05, 0) is 55.2 Å². The zero-order valence-corrected chi connectivity index (χ0v) is 15.3. The smallest absolute Gasteiger partial charge is 0.254 e. The van der Waals surface area contributed by atoms with Crippen molar-refractivity contribution in [2.75, 3.05) is 5.32 Å². The molecule has 3 heterocycles. The van der Waals surface area contributed by atoms with E-state index in [4.69, 9.17) is 8.83 Å². The van der Waals surface area contributed by atoms with Gasteiger partial charge in [0.1, 0.15) is 16.5 Å². The number of amides is 2. The van der Waals surface area contributed by atoms with Gasteiger partial charge >= 0.3 is 0 Å². The first kappa shape index (κ1) is 17.4. The van der Waals surface area contributed by atoms with Crippen molar-refractivity contribution in [2.45, 2.75) is 25.8 Å². The van der Waals surface area contributed by atoms with E-state index < -0.39 is 0 Å². The Labute approximate surface area is 159 Å². The number of furan rings is 2. The molecule has 138 valence electrons. The third kappa shape index (κ3) is 3.88. The summed E-state index contributed by atoms with van der Waals surface area (Å²) in [5, 5.41) is 6.31. The van der Waals surface area contributed by atoms with E-state index in [0.29, 0.717) is 28.6 Å². The quantitative estimate of drug-likeness (QED) is 0.631. The average molecular weight is 382 g/mol. The van der Waals surface area contributed by atoms with Gasteiger partial charge in [0.05, 0.1) is 24.6 Å². The van der Waals surface area contributed by atoms with Crippen LogP contribution in [-0.4, -0.2) is 11.8 Å². The lowest BCUT2D eigenvalue weighted by molar-refractivity contribution is -0.111. The van der Waals surface area contributed by atoms with Crippen molar-refractivity contribution in [3.8, 4) is 0 Å². The second-order valence-corrected chi connectivity index (χ2v) is 7.27. The average Bonchev–Trinajstić information content (AvgIpc) is 3.43. The van der Waals surface area contributed by atoms with E-state index in [9.17, 15) is 9.59 Å². The van der Waals surface area contributed by atoms with Crippen LogP contribution in [0.2, 0.25) is 0 Å². The summed E-state index contributed by atoms with van der Waals surface area (Å²) in [5.74, 6) is 0.778. The number of hydrogen-bond donors (Lipinski definition) is 2. The molecular weight excluding hydrogens is 364 g/mol. The molecule has 3 aromatic rings. The molecule has 0 aromatic carbocycles. The topological polar surface area (TPSA) is 84.5 Å². The van der Waals surface area contributed by atoms with Crippen LogP contribution in [0.1, 0.15) is 38.7 Å². The minimum absolute atomic E-state index is 0.198. The fraction of sp³-hybridized carbons (Fsp3) is 0.200. The van der Waals surface area contributed by atoms with Gasteiger partial charge in [0.25, 0.3) is 5.91 Å². The molecule has 1 aliphatic rings. The third-order valence-electron chi connectivity index (χ3n) is 4.33. The highest BCUT2D eigenvalue weighted by Gasteiger charge is 2.27. The van der Waals surface area contributed by atoms with Crippen molar-refractivity contribution in [2.24, 2.45) is 0 Å². The Morgan fingerprint density at radius 3 is 2.78 bits per heavy atom. The van der Waals surface area contributed by atoms with E-state index in [0.717, 1.165) is 24.8 Å². The summed E-state index contributed by atoms with van der Waals surface area (Å²) in [4.78, 5) is 26.2. The molecule has 0 bridgehead atoms. The minimum atomic E-state index is -0.300. The SMILES string of the molecule is O=C(/C=C/c1ccco1)Nc1sc2c(c1C(=O)NCc1ccco1)CCC2. The molecule has 0 saturated carbocycles. The molecule has 0 unspecified atom stereocenters. The molecule has 0 atom stereocenters. The van der Waals surface area contributed by atoms with Crippen molar-refractivity contribution in [1.29, 1.82) is 0 Å². The van der Waals surface area contributed by atoms with Crippen molar-refractivity contribution in [1.82, 2.24) is 5.32 Å². The lowest BCUT2D eigenvalue weighted by atomic mass is 10.1. The molecule has 1 aliphatic carbocycles. The van der Waals surface area contributed by atoms with E-state index in [1.165, 1.54) is 22.3 Å². The van der Waals surface area contributed by atoms with E-state index in [-0.39, 0.29) is 11.8 Å². The number of hydrogen-bond acceptors (Lipinski definition) is 5. The van der Waals surface area contributed by atoms with Crippen LogP contribution in [0.15, 0.2) is 51.7 Å². The summed E-state index contributed by atoms with van der Waals surface area (Å²) in [6.07, 6.45) is 8.93. The van der Waals surface area contributed by atoms with Crippen molar-refractivity contribution >= 4 is 34.2 Å². The van der Waals surface area contributed by atoms with Gasteiger partial charge in [-0.1, -0.05) is 0 Å². The summed E-state index contributed by atoms with van der Waals surface area (Å²) >= 11 is 1.48. The predicted molar refractivity (Wildman–Crippen MR) is 103 cm³/mol. The molecule has 4 rings (SSSR count). The number of thiophene rings is 1. The summed E-state index contributed by atoms with van der Waals surface area (Å²) in [6.45, 7) is 0.308. The van der Waals surface area contributed by atoms with Crippen LogP contribution in [-0.2, 0) is 24.2 Å². The maximum Gasteiger partial charge on any atom is 0.254 e. The Bertz CT molecular complexity index is 968. The first-order valence-corrected chi connectivity index (χ1v) is 9.50. The van der Waals surface area contributed by atoms with E-state index in [1.807, 2.05) is 0 Å². The Balaban J connectivity index is 1.50. The minimum Gasteiger partial charge on any atom is -0.467 e. The first-order chi connectivity index (χ1) is 13.2. The Morgan fingerprint density at radius 1 is 1.15 bits per heavy atom. The van der Waals surface area contributed by atoms with E-state index in [1.54, 1.807) is 42.9 Å². The van der Waals surface area contributed by atoms with Gasteiger partial charge in [-0.25, -0.2) is 0 Å². The van der Waals surface area contributed by atoms with Gasteiger partial charge in [-0.15, -0.1) is 11.3 Å². The molecule has 0 spiro atoms. The predicted octanol–water partition coefficient (Wildman–Crippen LogP) is 4.00. The summed E-state index contributed by atoms with van der Waals surface area (Å²) < 4.78 is 10.4. The normalized spacial score (nSPS) is 13.0. The molecule has 6 nitrogen and oxygen atoms in total. The van der Waals surface area contributed by atoms with Gasteiger partial charge in [0, 0.05) is 11.0 Å². The highest BCUT2D eigenvalue weighted by molar-refractivity contribution is 7.17. The molecule has 0 fully saturated rings. The van der Waals surface area contributed by atoms with Gasteiger partial charge < -0.3 is 19.5 Å². The van der Waals surface area contributed by atoms with Crippen LogP contribution >= 0.6 is 11.3 Å². The molecule has 3 aromatic heterocycles. The molecule has 0 radical (unpaired) electrons. The van der Waals surface area contributed by atoms with Crippen LogP contribution in [0, 0.1) is 0 Å². The Kier molecular flexibility index (Phi) is 4.93. The number of fused-ring (bicyclic) bond motifs is 1. The van der Waals surface area contributed by atoms with Gasteiger partial charge in [0.15, 0.2) is 0 Å². The largest absolute Gasteiger partial charge is 0.467 e. The lowest BCUT2D eigenvalue weighted by Gasteiger charge is -2.08. The van der Waals surface area contributed by atoms with Crippen molar-refractivity contribution < 1.29 is 18.4 Å². The van der Waals surface area contributed by atoms with Crippen LogP contribution in [0.25, 0.3) is 6.08 Å². The van der Waals surface area contributed by atoms with Crippen molar-refractivity contribution in [3.05, 3.63) is 70.4 Å². The number of carbonyl (C=O) groups excluding carboxylic acids is 2. The number of rotatable bonds is 6. The second-order valence-electron chi connectivity index (χ2n) is 6.16. The van der Waals surface area contributed by atoms with Crippen molar-refractivity contribution in [3.63, 3.8) is 0 Å². The zero-order valence-electron chi connectivity index (χ0n) is 14.5. The summed E-state index contributed by atoms with van der Waals surface area (Å²) in [7, 11) is 0. The standard InChI is InChI=1S/C20H18N2O4S/c23-17(9-8-13-4-2-10-25-13)22-20-18(15-6-1-7-16(15)27-20)19(24)21-12-14-5-3-11-26-14/h2-5,8-11H,1,6-7,12H2,(H,21,24)(H,22,23)/b9-8+. The summed E-state index contributed by atoms with van der Waals surface area (Å²) in [5.41, 5.74) is 1.61. The van der Waals surface area contributed by atoms with E-state index in [2.05, 4.69) is 10.6 Å². The lowest BCUT2D eigenvalue weighted by Crippen LogP contribution is -2.24. The number of carbonyl (C=O) groups is 2. The van der Waals surface area contributed by atoms with Crippen LogP contribution in [0.4, 0.5) is 5.00 Å². The molecule has 0 aliphatic heterocycles. The first-order valence-electron chi connectivity index (χ1n) is 8.68. The fourth-order valence-electron chi connectivity index (χ4n) is 3.10. The monoisotopic (exact) mass is 382 g/mol. The van der Waals surface area contributed by atoms with Gasteiger partial charge in [-0.3, -0.25) is 9.59 Å². The zero-order chi connectivity index (χ0) is 18.6. The Morgan fingerprint density at radius 2 is 2.00 bits per heavy atom. The second kappa shape index (κ2) is 7.67. The maximum atomic E-state index is 12.8. The van der Waals surface area contributed by atoms with Gasteiger partial charge in [0.2, 0.25) is 5.91 Å². The highest BCUT2D eigenvalue weighted by Crippen LogP contribution is 2.39.